The van der Waals surface area contributed by atoms with Crippen molar-refractivity contribution in [2.45, 2.75) is 0 Å². The molecule has 0 aliphatic heterocycles. The van der Waals surface area contributed by atoms with E-state index in [9.17, 15) is 4.79 Å². The predicted molar refractivity (Wildman–Crippen MR) is 61.3 cm³/mol. The molecule has 0 saturated heterocycles. The van der Waals surface area contributed by atoms with Gasteiger partial charge in [0.1, 0.15) is 0 Å². The van der Waals surface area contributed by atoms with Gasteiger partial charge in [-0.1, -0.05) is 15.9 Å². The minimum atomic E-state index is -0.248. The van der Waals surface area contributed by atoms with Crippen LogP contribution in [0.1, 0.15) is 10.4 Å². The Morgan fingerprint density at radius 1 is 1.54 bits per heavy atom. The normalized spacial score (nSPS) is 9.77. The van der Waals surface area contributed by atoms with Crippen molar-refractivity contribution in [1.29, 1.82) is 0 Å². The van der Waals surface area contributed by atoms with Gasteiger partial charge in [-0.2, -0.15) is 0 Å². The number of carbonyl (C=O) groups is 1. The fourth-order valence-corrected chi connectivity index (χ4v) is 2.43. The van der Waals surface area contributed by atoms with E-state index in [4.69, 9.17) is 0 Å². The van der Waals surface area contributed by atoms with Gasteiger partial charge in [-0.25, -0.2) is 5.48 Å². The van der Waals surface area contributed by atoms with Crippen molar-refractivity contribution in [3.63, 3.8) is 0 Å². The summed E-state index contributed by atoms with van der Waals surface area (Å²) >= 11 is 5.45. The third kappa shape index (κ3) is 3.24. The first-order chi connectivity index (χ1) is 6.13. The lowest BCUT2D eigenvalue weighted by molar-refractivity contribution is 0.0537. The van der Waals surface area contributed by atoms with Crippen molar-refractivity contribution in [1.82, 2.24) is 5.48 Å². The molecular formula is C8H7BrINO2. The topological polar surface area (TPSA) is 38.3 Å². The first-order valence-corrected chi connectivity index (χ1v) is 5.30. The lowest BCUT2D eigenvalue weighted by atomic mass is 10.2. The fraction of sp³-hybridized carbons (Fsp3) is 0.125. The van der Waals surface area contributed by atoms with Gasteiger partial charge in [0.15, 0.2) is 0 Å². The van der Waals surface area contributed by atoms with Crippen molar-refractivity contribution >= 4 is 44.4 Å². The first-order valence-electron chi connectivity index (χ1n) is 3.43. The maximum atomic E-state index is 11.3. The monoisotopic (exact) mass is 355 g/mol. The Morgan fingerprint density at radius 2 is 2.23 bits per heavy atom. The maximum absolute atomic E-state index is 11.3. The average molecular weight is 356 g/mol. The molecule has 0 aliphatic carbocycles. The van der Waals surface area contributed by atoms with Gasteiger partial charge in [0.25, 0.3) is 5.91 Å². The van der Waals surface area contributed by atoms with E-state index in [-0.39, 0.29) is 5.91 Å². The summed E-state index contributed by atoms with van der Waals surface area (Å²) in [5.74, 6) is -0.248. The van der Waals surface area contributed by atoms with E-state index < -0.39 is 0 Å². The molecule has 70 valence electrons. The molecular weight excluding hydrogens is 349 g/mol. The predicted octanol–water partition coefficient (Wildman–Crippen LogP) is 2.34. The van der Waals surface area contributed by atoms with Crippen LogP contribution in [0.4, 0.5) is 0 Å². The molecule has 1 aromatic carbocycles. The van der Waals surface area contributed by atoms with E-state index in [2.05, 4.69) is 48.8 Å². The van der Waals surface area contributed by atoms with Crippen LogP contribution in [0, 0.1) is 3.57 Å². The Labute approximate surface area is 98.1 Å². The molecule has 0 heterocycles. The van der Waals surface area contributed by atoms with Gasteiger partial charge in [0.2, 0.25) is 0 Å². The number of hydrogen-bond acceptors (Lipinski definition) is 2. The lowest BCUT2D eigenvalue weighted by Gasteiger charge is -2.02. The molecule has 0 unspecified atom stereocenters. The first kappa shape index (κ1) is 10.9. The molecule has 0 fully saturated rings. The zero-order chi connectivity index (χ0) is 9.84. The Balaban J connectivity index is 2.94. The van der Waals surface area contributed by atoms with Crippen molar-refractivity contribution < 1.29 is 9.63 Å². The van der Waals surface area contributed by atoms with Gasteiger partial charge in [0, 0.05) is 13.6 Å². The van der Waals surface area contributed by atoms with Crippen molar-refractivity contribution in [2.24, 2.45) is 0 Å². The van der Waals surface area contributed by atoms with Crippen LogP contribution in [-0.4, -0.2) is 13.0 Å². The minimum absolute atomic E-state index is 0.248. The van der Waals surface area contributed by atoms with E-state index in [1.807, 2.05) is 6.07 Å². The summed E-state index contributed by atoms with van der Waals surface area (Å²) < 4.78 is 1.87. The maximum Gasteiger partial charge on any atom is 0.274 e. The van der Waals surface area contributed by atoms with Crippen molar-refractivity contribution in [3.8, 4) is 0 Å². The Morgan fingerprint density at radius 3 is 2.77 bits per heavy atom. The van der Waals surface area contributed by atoms with Crippen LogP contribution in [0.5, 0.6) is 0 Å². The Bertz CT molecular complexity index is 310. The highest BCUT2D eigenvalue weighted by molar-refractivity contribution is 14.1. The molecule has 3 nitrogen and oxygen atoms in total. The number of benzene rings is 1. The Kier molecular flexibility index (Phi) is 4.14. The van der Waals surface area contributed by atoms with Gasteiger partial charge < -0.3 is 0 Å². The Hall–Kier alpha value is -0.140. The van der Waals surface area contributed by atoms with Crippen LogP contribution in [0.3, 0.4) is 0 Å². The molecule has 1 rings (SSSR count). The SMILES string of the molecule is CONC(=O)c1cc(Br)cc(I)c1. The third-order valence-corrected chi connectivity index (χ3v) is 2.40. The standard InChI is InChI=1S/C8H7BrINO2/c1-13-11-8(12)5-2-6(9)4-7(10)3-5/h2-4H,1H3,(H,11,12). The minimum Gasteiger partial charge on any atom is -0.277 e. The van der Waals surface area contributed by atoms with Gasteiger partial charge in [-0.05, 0) is 40.8 Å². The van der Waals surface area contributed by atoms with Crippen LogP contribution >= 0.6 is 38.5 Å². The number of amides is 1. The van der Waals surface area contributed by atoms with Crippen LogP contribution in [0.15, 0.2) is 22.7 Å². The molecule has 0 spiro atoms. The largest absolute Gasteiger partial charge is 0.277 e. The number of rotatable bonds is 2. The lowest BCUT2D eigenvalue weighted by Crippen LogP contribution is -2.21. The van der Waals surface area contributed by atoms with Gasteiger partial charge in [-0.3, -0.25) is 9.63 Å². The van der Waals surface area contributed by atoms with Crippen molar-refractivity contribution in [2.75, 3.05) is 7.11 Å². The molecule has 1 N–H and O–H groups in total. The van der Waals surface area contributed by atoms with Crippen molar-refractivity contribution in [3.05, 3.63) is 31.8 Å². The second-order valence-corrected chi connectivity index (χ2v) is 4.45. The van der Waals surface area contributed by atoms with Crippen LogP contribution < -0.4 is 5.48 Å². The van der Waals surface area contributed by atoms with Gasteiger partial charge >= 0.3 is 0 Å². The van der Waals surface area contributed by atoms with Crippen LogP contribution in [0.2, 0.25) is 0 Å². The smallest absolute Gasteiger partial charge is 0.274 e. The summed E-state index contributed by atoms with van der Waals surface area (Å²) in [6, 6.07) is 5.43. The van der Waals surface area contributed by atoms with Gasteiger partial charge in [0.05, 0.1) is 7.11 Å². The molecule has 1 aromatic rings. The van der Waals surface area contributed by atoms with E-state index in [1.165, 1.54) is 7.11 Å². The highest BCUT2D eigenvalue weighted by Gasteiger charge is 2.06. The highest BCUT2D eigenvalue weighted by atomic mass is 127. The molecule has 1 amide bonds. The van der Waals surface area contributed by atoms with E-state index in [0.717, 1.165) is 8.04 Å². The number of carbonyl (C=O) groups excluding carboxylic acids is 1. The zero-order valence-electron chi connectivity index (χ0n) is 6.80. The number of halogens is 2. The molecule has 0 bridgehead atoms. The molecule has 5 heteroatoms. The fourth-order valence-electron chi connectivity index (χ4n) is 0.837. The molecule has 0 aliphatic rings. The summed E-state index contributed by atoms with van der Waals surface area (Å²) in [6.45, 7) is 0. The molecule has 0 saturated carbocycles. The third-order valence-electron chi connectivity index (χ3n) is 1.32. The van der Waals surface area contributed by atoms with E-state index in [1.54, 1.807) is 12.1 Å². The van der Waals surface area contributed by atoms with Gasteiger partial charge in [-0.15, -0.1) is 0 Å². The second kappa shape index (κ2) is 4.92. The average Bonchev–Trinajstić information content (AvgIpc) is 2.03. The molecule has 13 heavy (non-hydrogen) atoms. The zero-order valence-corrected chi connectivity index (χ0v) is 10.5. The molecule has 0 aromatic heterocycles. The van der Waals surface area contributed by atoms with E-state index in [0.29, 0.717) is 5.56 Å². The molecule has 0 radical (unpaired) electrons. The number of nitrogens with one attached hydrogen (secondary N) is 1. The summed E-state index contributed by atoms with van der Waals surface area (Å²) in [6.07, 6.45) is 0. The summed E-state index contributed by atoms with van der Waals surface area (Å²) in [7, 11) is 1.40. The quantitative estimate of drug-likeness (QED) is 0.653. The van der Waals surface area contributed by atoms with Crippen LogP contribution in [0.25, 0.3) is 0 Å². The van der Waals surface area contributed by atoms with Crippen LogP contribution in [-0.2, 0) is 4.84 Å². The summed E-state index contributed by atoms with van der Waals surface area (Å²) in [4.78, 5) is 15.8. The highest BCUT2D eigenvalue weighted by Crippen LogP contribution is 2.17. The second-order valence-electron chi connectivity index (χ2n) is 2.29. The summed E-state index contributed by atoms with van der Waals surface area (Å²) in [5, 5.41) is 0. The number of hydroxylamine groups is 1. The number of hydrogen-bond donors (Lipinski definition) is 1. The summed E-state index contributed by atoms with van der Waals surface area (Å²) in [5.41, 5.74) is 2.82. The van der Waals surface area contributed by atoms with E-state index >= 15 is 0 Å². The molecule has 0 atom stereocenters.